The first-order valence-electron chi connectivity index (χ1n) is 9.28. The average Bonchev–Trinajstić information content (AvgIpc) is 2.74. The molecule has 1 aromatic carbocycles. The molecule has 9 heteroatoms. The molecule has 2 heterocycles. The third-order valence-electron chi connectivity index (χ3n) is 4.12. The zero-order valence-corrected chi connectivity index (χ0v) is 17.9. The fourth-order valence-corrected chi connectivity index (χ4v) is 2.73. The smallest absolute Gasteiger partial charge is 0.437 e. The summed E-state index contributed by atoms with van der Waals surface area (Å²) in [4.78, 5) is 25.1. The second-order valence-corrected chi connectivity index (χ2v) is 7.94. The van der Waals surface area contributed by atoms with Gasteiger partial charge in [-0.3, -0.25) is 5.32 Å². The van der Waals surface area contributed by atoms with Crippen LogP contribution in [0.1, 0.15) is 32.0 Å². The number of carbonyl (C=O) groups excluding carboxylic acids is 1. The van der Waals surface area contributed by atoms with E-state index in [-0.39, 0.29) is 16.1 Å². The molecule has 8 nitrogen and oxygen atoms in total. The van der Waals surface area contributed by atoms with Gasteiger partial charge in [0, 0.05) is 18.5 Å². The van der Waals surface area contributed by atoms with E-state index in [2.05, 4.69) is 41.5 Å². The number of halogens is 1. The highest BCUT2D eigenvalue weighted by Crippen LogP contribution is 2.31. The number of pyridine rings is 2. The zero-order valence-electron chi connectivity index (χ0n) is 17.1. The molecule has 31 heavy (non-hydrogen) atoms. The summed E-state index contributed by atoms with van der Waals surface area (Å²) >= 11 is 6.25. The first kappa shape index (κ1) is 21.9. The normalized spacial score (nSPS) is 10.7. The van der Waals surface area contributed by atoms with Crippen LogP contribution in [-0.4, -0.2) is 16.1 Å². The second kappa shape index (κ2) is 9.32. The summed E-state index contributed by atoms with van der Waals surface area (Å²) < 4.78 is 5.67. The fourth-order valence-electron chi connectivity index (χ4n) is 2.51. The van der Waals surface area contributed by atoms with Crippen molar-refractivity contribution in [2.45, 2.75) is 26.2 Å². The van der Waals surface area contributed by atoms with Gasteiger partial charge < -0.3 is 9.57 Å². The van der Waals surface area contributed by atoms with Gasteiger partial charge in [-0.25, -0.2) is 20.2 Å². The van der Waals surface area contributed by atoms with Crippen LogP contribution in [0, 0.1) is 11.3 Å². The van der Waals surface area contributed by atoms with Crippen LogP contribution >= 0.6 is 11.6 Å². The number of nitriles is 1. The molecule has 2 N–H and O–H groups in total. The highest BCUT2D eigenvalue weighted by atomic mass is 35.5. The minimum atomic E-state index is -0.726. The Morgan fingerprint density at radius 2 is 1.87 bits per heavy atom. The highest BCUT2D eigenvalue weighted by Gasteiger charge is 2.15. The summed E-state index contributed by atoms with van der Waals surface area (Å²) in [6, 6.07) is 13.5. The van der Waals surface area contributed by atoms with Crippen molar-refractivity contribution < 1.29 is 14.4 Å². The number of rotatable bonds is 5. The summed E-state index contributed by atoms with van der Waals surface area (Å²) in [5.41, 5.74) is 4.16. The Morgan fingerprint density at radius 3 is 2.58 bits per heavy atom. The van der Waals surface area contributed by atoms with Crippen LogP contribution in [0.15, 0.2) is 54.9 Å². The SMILES string of the molecule is CC(C)(C)c1ccnc(NC(=O)ONc2ccc(Oc3ccnc(C#N)c3)c(Cl)c2)c1. The van der Waals surface area contributed by atoms with Gasteiger partial charge in [-0.05, 0) is 47.4 Å². The minimum absolute atomic E-state index is 0.0749. The molecule has 0 aliphatic rings. The highest BCUT2D eigenvalue weighted by molar-refractivity contribution is 6.32. The molecule has 0 fully saturated rings. The lowest BCUT2D eigenvalue weighted by Crippen LogP contribution is -2.19. The van der Waals surface area contributed by atoms with Gasteiger partial charge in [-0.1, -0.05) is 32.4 Å². The number of aromatic nitrogens is 2. The van der Waals surface area contributed by atoms with Crippen molar-refractivity contribution in [2.75, 3.05) is 10.8 Å². The molecule has 2 aromatic heterocycles. The molecule has 0 bridgehead atoms. The molecule has 3 rings (SSSR count). The van der Waals surface area contributed by atoms with Crippen molar-refractivity contribution in [3.8, 4) is 17.6 Å². The number of hydrogen-bond donors (Lipinski definition) is 2. The van der Waals surface area contributed by atoms with Gasteiger partial charge in [0.2, 0.25) is 0 Å². The van der Waals surface area contributed by atoms with Crippen molar-refractivity contribution in [2.24, 2.45) is 0 Å². The third-order valence-corrected chi connectivity index (χ3v) is 4.42. The van der Waals surface area contributed by atoms with E-state index < -0.39 is 6.09 Å². The maximum absolute atomic E-state index is 12.1. The van der Waals surface area contributed by atoms with Gasteiger partial charge in [-0.15, -0.1) is 0 Å². The van der Waals surface area contributed by atoms with Crippen LogP contribution in [0.2, 0.25) is 5.02 Å². The lowest BCUT2D eigenvalue weighted by Gasteiger charge is -2.19. The van der Waals surface area contributed by atoms with Gasteiger partial charge in [0.1, 0.15) is 29.1 Å². The Morgan fingerprint density at radius 1 is 1.10 bits per heavy atom. The molecule has 0 radical (unpaired) electrons. The minimum Gasteiger partial charge on any atom is -0.456 e. The van der Waals surface area contributed by atoms with E-state index in [0.717, 1.165) is 5.56 Å². The Kier molecular flexibility index (Phi) is 6.58. The molecule has 0 aliphatic heterocycles. The average molecular weight is 438 g/mol. The molecule has 0 saturated heterocycles. The van der Waals surface area contributed by atoms with Gasteiger partial charge in [0.25, 0.3) is 0 Å². The summed E-state index contributed by atoms with van der Waals surface area (Å²) in [5, 5.41) is 11.8. The van der Waals surface area contributed by atoms with Crippen molar-refractivity contribution >= 4 is 29.2 Å². The molecular formula is C22H20ClN5O3. The molecule has 0 unspecified atom stereocenters. The predicted octanol–water partition coefficient (Wildman–Crippen LogP) is 5.67. The van der Waals surface area contributed by atoms with E-state index >= 15 is 0 Å². The van der Waals surface area contributed by atoms with E-state index in [4.69, 9.17) is 26.4 Å². The number of nitrogens with one attached hydrogen (secondary N) is 2. The number of nitrogens with zero attached hydrogens (tertiary/aromatic N) is 3. The maximum atomic E-state index is 12.1. The van der Waals surface area contributed by atoms with Crippen LogP contribution in [0.25, 0.3) is 0 Å². The molecule has 0 saturated carbocycles. The van der Waals surface area contributed by atoms with Crippen LogP contribution in [-0.2, 0) is 10.3 Å². The number of ether oxygens (including phenoxy) is 1. The van der Waals surface area contributed by atoms with Gasteiger partial charge in [0.15, 0.2) is 0 Å². The van der Waals surface area contributed by atoms with Gasteiger partial charge >= 0.3 is 6.09 Å². The fraction of sp³-hybridized carbons (Fsp3) is 0.182. The summed E-state index contributed by atoms with van der Waals surface area (Å²) in [5.74, 6) is 1.18. The number of anilines is 2. The van der Waals surface area contributed by atoms with Crippen molar-refractivity contribution in [1.82, 2.24) is 9.97 Å². The van der Waals surface area contributed by atoms with E-state index in [0.29, 0.717) is 23.0 Å². The van der Waals surface area contributed by atoms with Gasteiger partial charge in [0.05, 0.1) is 10.7 Å². The van der Waals surface area contributed by atoms with Crippen LogP contribution in [0.4, 0.5) is 16.3 Å². The zero-order chi connectivity index (χ0) is 22.4. The van der Waals surface area contributed by atoms with Crippen LogP contribution in [0.3, 0.4) is 0 Å². The quantitative estimate of drug-likeness (QED) is 0.495. The Labute approximate surface area is 184 Å². The second-order valence-electron chi connectivity index (χ2n) is 7.53. The Balaban J connectivity index is 1.59. The lowest BCUT2D eigenvalue weighted by atomic mass is 9.88. The van der Waals surface area contributed by atoms with E-state index in [1.165, 1.54) is 18.3 Å². The first-order chi connectivity index (χ1) is 14.7. The van der Waals surface area contributed by atoms with Gasteiger partial charge in [-0.2, -0.15) is 5.26 Å². The number of benzene rings is 1. The molecule has 0 atom stereocenters. The molecular weight excluding hydrogens is 418 g/mol. The molecule has 3 aromatic rings. The first-order valence-corrected chi connectivity index (χ1v) is 9.66. The number of amides is 1. The molecule has 1 amide bonds. The number of hydrogen-bond acceptors (Lipinski definition) is 7. The number of carbonyl (C=O) groups is 1. The van der Waals surface area contributed by atoms with E-state index in [1.807, 2.05) is 12.1 Å². The lowest BCUT2D eigenvalue weighted by molar-refractivity contribution is 0.185. The van der Waals surface area contributed by atoms with Crippen LogP contribution < -0.4 is 15.5 Å². The molecule has 0 spiro atoms. The third kappa shape index (κ3) is 6.07. The van der Waals surface area contributed by atoms with Crippen molar-refractivity contribution in [3.63, 3.8) is 0 Å². The standard InChI is InChI=1S/C22H20ClN5O3/c1-22(2,3)14-6-8-26-20(10-14)27-21(29)31-28-15-4-5-19(18(23)12-15)30-17-7-9-25-16(11-17)13-24/h4-12,28H,1-3H3,(H,26,27,29). The summed E-state index contributed by atoms with van der Waals surface area (Å²) in [6.07, 6.45) is 2.37. The Bertz CT molecular complexity index is 1140. The summed E-state index contributed by atoms with van der Waals surface area (Å²) in [7, 11) is 0. The van der Waals surface area contributed by atoms with E-state index in [1.54, 1.807) is 30.5 Å². The van der Waals surface area contributed by atoms with Crippen LogP contribution in [0.5, 0.6) is 11.5 Å². The maximum Gasteiger partial charge on any atom is 0.437 e. The molecule has 0 aliphatic carbocycles. The molecule has 158 valence electrons. The predicted molar refractivity (Wildman–Crippen MR) is 117 cm³/mol. The Hall–Kier alpha value is -3.83. The van der Waals surface area contributed by atoms with E-state index in [9.17, 15) is 4.79 Å². The summed E-state index contributed by atoms with van der Waals surface area (Å²) in [6.45, 7) is 6.21. The topological polar surface area (TPSA) is 109 Å². The van der Waals surface area contributed by atoms with Crippen molar-refractivity contribution in [3.05, 3.63) is 71.1 Å². The monoisotopic (exact) mass is 437 g/mol. The largest absolute Gasteiger partial charge is 0.456 e. The van der Waals surface area contributed by atoms with Crippen molar-refractivity contribution in [1.29, 1.82) is 5.26 Å².